The molecule has 0 aliphatic carbocycles. The summed E-state index contributed by atoms with van der Waals surface area (Å²) in [5.41, 5.74) is 7.98. The molecule has 0 spiro atoms. The largest absolute Gasteiger partial charge is 0.366 e. The fraction of sp³-hybridized carbons (Fsp3) is 0.235. The van der Waals surface area contributed by atoms with Crippen LogP contribution in [-0.2, 0) is 13.0 Å². The zero-order valence-electron chi connectivity index (χ0n) is 11.8. The number of carbonyl (C=O) groups excluding carboxylic acids is 1. The van der Waals surface area contributed by atoms with Crippen LogP contribution in [0.25, 0.3) is 0 Å². The summed E-state index contributed by atoms with van der Waals surface area (Å²) in [5.74, 6) is -0.459. The first kappa shape index (κ1) is 15.5. The Hall–Kier alpha value is -1.84. The van der Waals surface area contributed by atoms with E-state index in [1.807, 2.05) is 12.1 Å². The molecule has 0 atom stereocenters. The molecule has 0 saturated heterocycles. The quantitative estimate of drug-likeness (QED) is 0.772. The number of hydrogen-bond donors (Lipinski definition) is 2. The maximum Gasteiger partial charge on any atom is 0.248 e. The number of hydrogen-bond acceptors (Lipinski definition) is 2. The van der Waals surface area contributed by atoms with Crippen molar-refractivity contribution in [1.29, 1.82) is 0 Å². The zero-order valence-corrected chi connectivity index (χ0v) is 12.6. The van der Waals surface area contributed by atoms with Crippen molar-refractivity contribution in [2.45, 2.75) is 19.4 Å². The van der Waals surface area contributed by atoms with E-state index in [0.717, 1.165) is 24.9 Å². The molecule has 2 rings (SSSR count). The zero-order chi connectivity index (χ0) is 15.1. The van der Waals surface area contributed by atoms with E-state index in [0.29, 0.717) is 17.1 Å². The standard InChI is InChI=1S/C17H19ClN2O/c18-16-11-14(17(19)21)8-9-15(16)12-20-10-4-7-13-5-2-1-3-6-13/h1-3,5-6,8-9,11,20H,4,7,10,12H2,(H2,19,21). The molecule has 2 aromatic carbocycles. The molecule has 3 N–H and O–H groups in total. The lowest BCUT2D eigenvalue weighted by atomic mass is 10.1. The topological polar surface area (TPSA) is 55.1 Å². The summed E-state index contributed by atoms with van der Waals surface area (Å²) in [4.78, 5) is 11.0. The van der Waals surface area contributed by atoms with Gasteiger partial charge in [0.2, 0.25) is 5.91 Å². The second-order valence-corrected chi connectivity index (χ2v) is 5.34. The van der Waals surface area contributed by atoms with Crippen LogP contribution in [0.2, 0.25) is 5.02 Å². The second kappa shape index (κ2) is 7.81. The van der Waals surface area contributed by atoms with Gasteiger partial charge in [-0.15, -0.1) is 0 Å². The Morgan fingerprint density at radius 2 is 1.90 bits per heavy atom. The highest BCUT2D eigenvalue weighted by atomic mass is 35.5. The molecule has 0 bridgehead atoms. The van der Waals surface area contributed by atoms with Crippen molar-refractivity contribution in [1.82, 2.24) is 5.32 Å². The second-order valence-electron chi connectivity index (χ2n) is 4.94. The lowest BCUT2D eigenvalue weighted by Gasteiger charge is -2.08. The average molecular weight is 303 g/mol. The van der Waals surface area contributed by atoms with Gasteiger partial charge in [0.05, 0.1) is 0 Å². The number of benzene rings is 2. The molecule has 110 valence electrons. The van der Waals surface area contributed by atoms with E-state index >= 15 is 0 Å². The summed E-state index contributed by atoms with van der Waals surface area (Å²) in [5, 5.41) is 3.93. The molecule has 0 aromatic heterocycles. The summed E-state index contributed by atoms with van der Waals surface area (Å²) >= 11 is 6.13. The van der Waals surface area contributed by atoms with Gasteiger partial charge in [0.1, 0.15) is 0 Å². The molecule has 0 aliphatic heterocycles. The van der Waals surface area contributed by atoms with E-state index < -0.39 is 5.91 Å². The van der Waals surface area contributed by atoms with Crippen molar-refractivity contribution in [2.75, 3.05) is 6.54 Å². The normalized spacial score (nSPS) is 10.5. The van der Waals surface area contributed by atoms with Crippen molar-refractivity contribution in [2.24, 2.45) is 5.73 Å². The molecule has 3 nitrogen and oxygen atoms in total. The number of carbonyl (C=O) groups is 1. The van der Waals surface area contributed by atoms with E-state index in [-0.39, 0.29) is 0 Å². The molecule has 4 heteroatoms. The molecule has 0 fully saturated rings. The van der Waals surface area contributed by atoms with Crippen LogP contribution < -0.4 is 11.1 Å². The van der Waals surface area contributed by atoms with E-state index in [1.165, 1.54) is 5.56 Å². The summed E-state index contributed by atoms with van der Waals surface area (Å²) < 4.78 is 0. The third-order valence-corrected chi connectivity index (χ3v) is 3.67. The van der Waals surface area contributed by atoms with E-state index in [4.69, 9.17) is 17.3 Å². The number of aryl methyl sites for hydroxylation is 1. The van der Waals surface area contributed by atoms with Gasteiger partial charge in [-0.05, 0) is 42.6 Å². The Balaban J connectivity index is 1.75. The van der Waals surface area contributed by atoms with Gasteiger partial charge in [-0.2, -0.15) is 0 Å². The van der Waals surface area contributed by atoms with Crippen molar-refractivity contribution < 1.29 is 4.79 Å². The lowest BCUT2D eigenvalue weighted by molar-refractivity contribution is 0.100. The van der Waals surface area contributed by atoms with Crippen molar-refractivity contribution in [3.05, 3.63) is 70.2 Å². The van der Waals surface area contributed by atoms with E-state index in [1.54, 1.807) is 12.1 Å². The van der Waals surface area contributed by atoms with Gasteiger partial charge in [0.25, 0.3) is 0 Å². The van der Waals surface area contributed by atoms with E-state index in [9.17, 15) is 4.79 Å². The van der Waals surface area contributed by atoms with Crippen molar-refractivity contribution >= 4 is 17.5 Å². The number of halogens is 1. The number of nitrogens with one attached hydrogen (secondary N) is 1. The van der Waals surface area contributed by atoms with Crippen LogP contribution in [0.5, 0.6) is 0 Å². The summed E-state index contributed by atoms with van der Waals surface area (Å²) in [6.45, 7) is 1.61. The molecule has 1 amide bonds. The fourth-order valence-electron chi connectivity index (χ4n) is 2.13. The smallest absolute Gasteiger partial charge is 0.248 e. The van der Waals surface area contributed by atoms with Crippen LogP contribution in [0.3, 0.4) is 0 Å². The molecule has 21 heavy (non-hydrogen) atoms. The van der Waals surface area contributed by atoms with Gasteiger partial charge in [-0.3, -0.25) is 4.79 Å². The van der Waals surface area contributed by atoms with Crippen LogP contribution in [-0.4, -0.2) is 12.5 Å². The number of nitrogens with two attached hydrogens (primary N) is 1. The third kappa shape index (κ3) is 4.88. The molecule has 0 aliphatic rings. The number of primary amides is 1. The molecular weight excluding hydrogens is 284 g/mol. The van der Waals surface area contributed by atoms with Crippen LogP contribution in [0, 0.1) is 0 Å². The van der Waals surface area contributed by atoms with Gasteiger partial charge < -0.3 is 11.1 Å². The van der Waals surface area contributed by atoms with Gasteiger partial charge in [0.15, 0.2) is 0 Å². The Labute approximate surface area is 130 Å². The molecule has 0 saturated carbocycles. The predicted octanol–water partition coefficient (Wildman–Crippen LogP) is 3.16. The van der Waals surface area contributed by atoms with Crippen molar-refractivity contribution in [3.63, 3.8) is 0 Å². The fourth-order valence-corrected chi connectivity index (χ4v) is 2.38. The third-order valence-electron chi connectivity index (χ3n) is 3.31. The van der Waals surface area contributed by atoms with Gasteiger partial charge in [-0.25, -0.2) is 0 Å². The molecular formula is C17H19ClN2O. The van der Waals surface area contributed by atoms with Crippen LogP contribution in [0.4, 0.5) is 0 Å². The minimum Gasteiger partial charge on any atom is -0.366 e. The van der Waals surface area contributed by atoms with Gasteiger partial charge >= 0.3 is 0 Å². The Morgan fingerprint density at radius 3 is 2.57 bits per heavy atom. The highest BCUT2D eigenvalue weighted by Gasteiger charge is 2.05. The SMILES string of the molecule is NC(=O)c1ccc(CNCCCc2ccccc2)c(Cl)c1. The first-order chi connectivity index (χ1) is 10.2. The maximum absolute atomic E-state index is 11.0. The first-order valence-electron chi connectivity index (χ1n) is 6.99. The Morgan fingerprint density at radius 1 is 1.14 bits per heavy atom. The minimum absolute atomic E-state index is 0.438. The molecule has 0 heterocycles. The molecule has 0 unspecified atom stereocenters. The molecule has 0 radical (unpaired) electrons. The summed E-state index contributed by atoms with van der Waals surface area (Å²) in [6, 6.07) is 15.6. The predicted molar refractivity (Wildman–Crippen MR) is 86.4 cm³/mol. The van der Waals surface area contributed by atoms with Crippen LogP contribution >= 0.6 is 11.6 Å². The molecule has 2 aromatic rings. The number of amides is 1. The summed E-state index contributed by atoms with van der Waals surface area (Å²) in [7, 11) is 0. The summed E-state index contributed by atoms with van der Waals surface area (Å²) in [6.07, 6.45) is 2.13. The van der Waals surface area contributed by atoms with Crippen LogP contribution in [0.15, 0.2) is 48.5 Å². The lowest BCUT2D eigenvalue weighted by Crippen LogP contribution is -2.16. The van der Waals surface area contributed by atoms with Gasteiger partial charge in [-0.1, -0.05) is 48.0 Å². The maximum atomic E-state index is 11.0. The monoisotopic (exact) mass is 302 g/mol. The average Bonchev–Trinajstić information content (AvgIpc) is 2.49. The Kier molecular flexibility index (Phi) is 5.78. The van der Waals surface area contributed by atoms with Crippen molar-refractivity contribution in [3.8, 4) is 0 Å². The first-order valence-corrected chi connectivity index (χ1v) is 7.37. The highest BCUT2D eigenvalue weighted by molar-refractivity contribution is 6.31. The number of rotatable bonds is 7. The van der Waals surface area contributed by atoms with Gasteiger partial charge in [0, 0.05) is 17.1 Å². The van der Waals surface area contributed by atoms with Crippen LogP contribution in [0.1, 0.15) is 27.9 Å². The van der Waals surface area contributed by atoms with E-state index in [2.05, 4.69) is 29.6 Å². The Bertz CT molecular complexity index is 599. The minimum atomic E-state index is -0.459. The highest BCUT2D eigenvalue weighted by Crippen LogP contribution is 2.17.